The summed E-state index contributed by atoms with van der Waals surface area (Å²) >= 11 is 0. The van der Waals surface area contributed by atoms with Gasteiger partial charge in [-0.25, -0.2) is 14.3 Å². The molecule has 1 aromatic heterocycles. The molecule has 8 heteroatoms. The Hall–Kier alpha value is -2.64. The number of nitrogens with two attached hydrogens (primary N) is 1. The first-order valence-electron chi connectivity index (χ1n) is 5.84. The summed E-state index contributed by atoms with van der Waals surface area (Å²) < 4.78 is 6.38. The highest BCUT2D eigenvalue weighted by Crippen LogP contribution is 2.29. The quantitative estimate of drug-likeness (QED) is 0.486. The molecule has 0 radical (unpaired) electrons. The van der Waals surface area contributed by atoms with Gasteiger partial charge in [-0.1, -0.05) is 0 Å². The van der Waals surface area contributed by atoms with Gasteiger partial charge in [-0.3, -0.25) is 10.1 Å². The van der Waals surface area contributed by atoms with E-state index in [1.54, 1.807) is 20.8 Å². The van der Waals surface area contributed by atoms with Gasteiger partial charge in [-0.2, -0.15) is 0 Å². The second-order valence-corrected chi connectivity index (χ2v) is 5.22. The van der Waals surface area contributed by atoms with Gasteiger partial charge in [0.25, 0.3) is 5.69 Å². The lowest BCUT2D eigenvalue weighted by atomic mass is 10.2. The molecule has 106 valence electrons. The van der Waals surface area contributed by atoms with Gasteiger partial charge in [0.2, 0.25) is 0 Å². The maximum atomic E-state index is 12.0. The average Bonchev–Trinajstić information content (AvgIpc) is 2.71. The Kier molecular flexibility index (Phi) is 3.09. The summed E-state index contributed by atoms with van der Waals surface area (Å²) in [5.74, 6) is 0. The van der Waals surface area contributed by atoms with Gasteiger partial charge in [0.05, 0.1) is 10.4 Å². The van der Waals surface area contributed by atoms with E-state index in [0.717, 1.165) is 0 Å². The number of nitro groups is 1. The van der Waals surface area contributed by atoms with Crippen LogP contribution in [-0.4, -0.2) is 26.2 Å². The molecule has 0 aliphatic rings. The number of imidazole rings is 1. The molecular weight excluding hydrogens is 264 g/mol. The number of anilines is 1. The predicted molar refractivity (Wildman–Crippen MR) is 72.4 cm³/mol. The van der Waals surface area contributed by atoms with Crippen molar-refractivity contribution in [1.29, 1.82) is 0 Å². The second kappa shape index (κ2) is 4.48. The first-order valence-corrected chi connectivity index (χ1v) is 5.84. The Bertz CT molecular complexity index is 699. The zero-order valence-corrected chi connectivity index (χ0v) is 11.3. The topological polar surface area (TPSA) is 113 Å². The summed E-state index contributed by atoms with van der Waals surface area (Å²) in [7, 11) is 0. The zero-order chi connectivity index (χ0) is 15.1. The van der Waals surface area contributed by atoms with Crippen molar-refractivity contribution in [1.82, 2.24) is 9.55 Å². The van der Waals surface area contributed by atoms with E-state index in [9.17, 15) is 14.9 Å². The Morgan fingerprint density at radius 2 is 2.10 bits per heavy atom. The van der Waals surface area contributed by atoms with Crippen molar-refractivity contribution in [3.63, 3.8) is 0 Å². The third-order valence-electron chi connectivity index (χ3n) is 2.52. The number of rotatable bonds is 1. The fraction of sp³-hybridized carbons (Fsp3) is 0.333. The molecule has 1 heterocycles. The van der Waals surface area contributed by atoms with E-state index < -0.39 is 16.6 Å². The van der Waals surface area contributed by atoms with Gasteiger partial charge < -0.3 is 10.5 Å². The van der Waals surface area contributed by atoms with Crippen LogP contribution in [0.3, 0.4) is 0 Å². The number of carbonyl (C=O) groups excluding carboxylic acids is 1. The Morgan fingerprint density at radius 3 is 2.65 bits per heavy atom. The number of hydrogen-bond acceptors (Lipinski definition) is 6. The van der Waals surface area contributed by atoms with Crippen LogP contribution >= 0.6 is 0 Å². The number of aromatic nitrogens is 2. The SMILES string of the molecule is CC(C)(C)OC(=O)n1cnc2c(N)c([N+](=O)[O-])ccc21. The van der Waals surface area contributed by atoms with Crippen LogP contribution in [0.15, 0.2) is 18.5 Å². The van der Waals surface area contributed by atoms with E-state index >= 15 is 0 Å². The molecule has 2 rings (SSSR count). The van der Waals surface area contributed by atoms with Crippen LogP contribution in [0, 0.1) is 10.1 Å². The molecule has 0 amide bonds. The van der Waals surface area contributed by atoms with Crippen LogP contribution in [0.1, 0.15) is 20.8 Å². The molecule has 0 atom stereocenters. The van der Waals surface area contributed by atoms with E-state index in [-0.39, 0.29) is 16.9 Å². The van der Waals surface area contributed by atoms with Crippen molar-refractivity contribution in [3.8, 4) is 0 Å². The molecule has 2 aromatic rings. The summed E-state index contributed by atoms with van der Waals surface area (Å²) in [5, 5.41) is 10.8. The van der Waals surface area contributed by atoms with Crippen LogP contribution in [-0.2, 0) is 4.74 Å². The van der Waals surface area contributed by atoms with Crippen LogP contribution in [0.5, 0.6) is 0 Å². The van der Waals surface area contributed by atoms with E-state index in [2.05, 4.69) is 4.98 Å². The molecule has 8 nitrogen and oxygen atoms in total. The van der Waals surface area contributed by atoms with Gasteiger partial charge in [0.1, 0.15) is 23.1 Å². The number of nitrogens with zero attached hydrogens (tertiary/aromatic N) is 3. The standard InChI is InChI=1S/C12H14N4O4/c1-12(2,3)20-11(17)15-6-14-10-8(15)5-4-7(9(10)13)16(18)19/h4-6H,13H2,1-3H3. The third kappa shape index (κ3) is 2.40. The van der Waals surface area contributed by atoms with Crippen molar-refractivity contribution in [2.24, 2.45) is 0 Å². The summed E-state index contributed by atoms with van der Waals surface area (Å²) in [6.45, 7) is 5.22. The van der Waals surface area contributed by atoms with E-state index in [4.69, 9.17) is 10.5 Å². The summed E-state index contributed by atoms with van der Waals surface area (Å²) in [6, 6.07) is 2.65. The molecule has 20 heavy (non-hydrogen) atoms. The van der Waals surface area contributed by atoms with Crippen LogP contribution in [0.4, 0.5) is 16.2 Å². The van der Waals surface area contributed by atoms with Gasteiger partial charge in [-0.05, 0) is 26.8 Å². The minimum absolute atomic E-state index is 0.0743. The van der Waals surface area contributed by atoms with Crippen molar-refractivity contribution in [3.05, 3.63) is 28.6 Å². The number of ether oxygens (including phenoxy) is 1. The lowest BCUT2D eigenvalue weighted by Crippen LogP contribution is -2.26. The largest absolute Gasteiger partial charge is 0.443 e. The number of nitro benzene ring substituents is 1. The minimum atomic E-state index is -0.653. The van der Waals surface area contributed by atoms with E-state index in [1.807, 2.05) is 0 Å². The molecule has 0 spiro atoms. The number of fused-ring (bicyclic) bond motifs is 1. The molecule has 2 N–H and O–H groups in total. The number of nitrogen functional groups attached to an aromatic ring is 1. The highest BCUT2D eigenvalue weighted by atomic mass is 16.6. The first-order chi connectivity index (χ1) is 9.20. The van der Waals surface area contributed by atoms with Gasteiger partial charge in [0, 0.05) is 6.07 Å². The van der Waals surface area contributed by atoms with Crippen molar-refractivity contribution in [2.75, 3.05) is 5.73 Å². The fourth-order valence-electron chi connectivity index (χ4n) is 1.71. The Balaban J connectivity index is 2.51. The average molecular weight is 278 g/mol. The van der Waals surface area contributed by atoms with Gasteiger partial charge >= 0.3 is 6.09 Å². The minimum Gasteiger partial charge on any atom is -0.443 e. The maximum Gasteiger partial charge on any atom is 0.420 e. The third-order valence-corrected chi connectivity index (χ3v) is 2.52. The molecule has 0 bridgehead atoms. The Morgan fingerprint density at radius 1 is 1.45 bits per heavy atom. The molecule has 0 aliphatic carbocycles. The highest BCUT2D eigenvalue weighted by molar-refractivity contribution is 5.96. The molecular formula is C12H14N4O4. The molecule has 0 saturated heterocycles. The smallest absolute Gasteiger partial charge is 0.420 e. The first kappa shape index (κ1) is 13.8. The molecule has 0 aliphatic heterocycles. The normalized spacial score (nSPS) is 11.6. The highest BCUT2D eigenvalue weighted by Gasteiger charge is 2.22. The summed E-state index contributed by atoms with van der Waals surface area (Å²) in [5.41, 5.74) is 5.28. The second-order valence-electron chi connectivity index (χ2n) is 5.22. The van der Waals surface area contributed by atoms with E-state index in [1.165, 1.54) is 23.0 Å². The zero-order valence-electron chi connectivity index (χ0n) is 11.3. The Labute approximate surface area is 114 Å². The van der Waals surface area contributed by atoms with Crippen molar-refractivity contribution < 1.29 is 14.5 Å². The predicted octanol–water partition coefficient (Wildman–Crippen LogP) is 2.31. The lowest BCUT2D eigenvalue weighted by molar-refractivity contribution is -0.383. The van der Waals surface area contributed by atoms with Crippen molar-refractivity contribution in [2.45, 2.75) is 26.4 Å². The number of carbonyl (C=O) groups is 1. The lowest BCUT2D eigenvalue weighted by Gasteiger charge is -2.19. The molecule has 0 saturated carbocycles. The summed E-state index contributed by atoms with van der Waals surface area (Å²) in [6.07, 6.45) is 0.618. The van der Waals surface area contributed by atoms with Gasteiger partial charge in [0.15, 0.2) is 0 Å². The number of benzene rings is 1. The van der Waals surface area contributed by atoms with Crippen LogP contribution in [0.2, 0.25) is 0 Å². The molecule has 1 aromatic carbocycles. The van der Waals surface area contributed by atoms with Gasteiger partial charge in [-0.15, -0.1) is 0 Å². The fourth-order valence-corrected chi connectivity index (χ4v) is 1.71. The van der Waals surface area contributed by atoms with E-state index in [0.29, 0.717) is 5.52 Å². The summed E-state index contributed by atoms with van der Waals surface area (Å²) in [4.78, 5) is 26.1. The van der Waals surface area contributed by atoms with Crippen molar-refractivity contribution >= 4 is 28.5 Å². The molecule has 0 unspecified atom stereocenters. The molecule has 0 fully saturated rings. The maximum absolute atomic E-state index is 12.0. The monoisotopic (exact) mass is 278 g/mol. The number of hydrogen-bond donors (Lipinski definition) is 1. The van der Waals surface area contributed by atoms with Crippen LogP contribution < -0.4 is 5.73 Å². The van der Waals surface area contributed by atoms with Crippen LogP contribution in [0.25, 0.3) is 11.0 Å².